The molecule has 0 radical (unpaired) electrons. The summed E-state index contributed by atoms with van der Waals surface area (Å²) in [7, 11) is 0. The lowest BCUT2D eigenvalue weighted by molar-refractivity contribution is 0.360. The molecular formula is C52H34N2O2. The molecular weight excluding hydrogens is 685 g/mol. The molecule has 0 N–H and O–H groups in total. The number of anilines is 3. The van der Waals surface area contributed by atoms with Gasteiger partial charge in [0.2, 0.25) is 0 Å². The zero-order valence-corrected chi connectivity index (χ0v) is 30.3. The van der Waals surface area contributed by atoms with Crippen molar-refractivity contribution in [2.24, 2.45) is 0 Å². The number of ether oxygens (including phenoxy) is 2. The molecule has 4 nitrogen and oxygen atoms in total. The number of para-hydroxylation sites is 3. The lowest BCUT2D eigenvalue weighted by Gasteiger charge is -2.26. The number of aromatic nitrogens is 1. The van der Waals surface area contributed by atoms with Gasteiger partial charge in [0.25, 0.3) is 0 Å². The molecule has 11 rings (SSSR count). The Morgan fingerprint density at radius 3 is 1.46 bits per heavy atom. The minimum atomic E-state index is 0.708. The van der Waals surface area contributed by atoms with Crippen LogP contribution in [0.5, 0.6) is 23.0 Å². The van der Waals surface area contributed by atoms with Crippen LogP contribution in [0.1, 0.15) is 0 Å². The van der Waals surface area contributed by atoms with E-state index < -0.39 is 0 Å². The van der Waals surface area contributed by atoms with E-state index in [1.54, 1.807) is 0 Å². The largest absolute Gasteiger partial charge is 0.449 e. The molecule has 264 valence electrons. The van der Waals surface area contributed by atoms with Crippen molar-refractivity contribution in [1.82, 2.24) is 4.57 Å². The Kier molecular flexibility index (Phi) is 7.46. The molecule has 0 bridgehead atoms. The van der Waals surface area contributed by atoms with Gasteiger partial charge in [0, 0.05) is 39.6 Å². The van der Waals surface area contributed by atoms with Gasteiger partial charge in [-0.15, -0.1) is 0 Å². The lowest BCUT2D eigenvalue weighted by atomic mass is 10.0. The minimum Gasteiger partial charge on any atom is -0.449 e. The van der Waals surface area contributed by atoms with Crippen molar-refractivity contribution in [2.45, 2.75) is 0 Å². The molecule has 4 heteroatoms. The summed E-state index contributed by atoms with van der Waals surface area (Å²) in [5.41, 5.74) is 11.3. The second-order valence-electron chi connectivity index (χ2n) is 14.2. The standard InChI is InChI=1S/C52H34N2O2/c1-3-11-35(12-4-1)37-19-25-41(26-20-37)53(42-27-21-38(22-28-42)36-13-5-2-6-14-36)43-29-23-40-32-44(30-24-39(40)31-43)54-47-16-8-7-15-45(47)46-33-51-52(34-48(46)54)56-50-18-10-9-17-49(50)55-51/h1-34H. The summed E-state index contributed by atoms with van der Waals surface area (Å²) in [5.74, 6) is 2.87. The van der Waals surface area contributed by atoms with Crippen LogP contribution >= 0.6 is 0 Å². The summed E-state index contributed by atoms with van der Waals surface area (Å²) >= 11 is 0. The van der Waals surface area contributed by atoms with E-state index in [4.69, 9.17) is 9.47 Å². The lowest BCUT2D eigenvalue weighted by Crippen LogP contribution is -2.09. The number of fused-ring (bicyclic) bond motifs is 6. The summed E-state index contributed by atoms with van der Waals surface area (Å²) in [6, 6.07) is 72.9. The monoisotopic (exact) mass is 718 g/mol. The van der Waals surface area contributed by atoms with Crippen molar-refractivity contribution in [3.8, 4) is 50.9 Å². The molecule has 0 aliphatic carbocycles. The number of hydrogen-bond acceptors (Lipinski definition) is 3. The van der Waals surface area contributed by atoms with Crippen LogP contribution in [0, 0.1) is 0 Å². The van der Waals surface area contributed by atoms with Gasteiger partial charge in [0.15, 0.2) is 23.0 Å². The highest BCUT2D eigenvalue weighted by Gasteiger charge is 2.23. The quantitative estimate of drug-likeness (QED) is 0.171. The van der Waals surface area contributed by atoms with E-state index in [-0.39, 0.29) is 0 Å². The molecule has 0 saturated carbocycles. The van der Waals surface area contributed by atoms with Crippen LogP contribution in [0.3, 0.4) is 0 Å². The van der Waals surface area contributed by atoms with Gasteiger partial charge in [-0.3, -0.25) is 0 Å². The van der Waals surface area contributed by atoms with Gasteiger partial charge in [0.1, 0.15) is 0 Å². The van der Waals surface area contributed by atoms with Crippen LogP contribution < -0.4 is 14.4 Å². The number of rotatable bonds is 6. The Bertz CT molecular complexity index is 2980. The number of hydrogen-bond donors (Lipinski definition) is 0. The van der Waals surface area contributed by atoms with Crippen LogP contribution in [0.2, 0.25) is 0 Å². The molecule has 0 atom stereocenters. The van der Waals surface area contributed by atoms with Crippen molar-refractivity contribution in [2.75, 3.05) is 4.90 Å². The SMILES string of the molecule is c1ccc(-c2ccc(N(c3ccc(-c4ccccc4)cc3)c3ccc4cc(-n5c6ccccc6c6cc7c(cc65)Oc5ccccc5O7)ccc4c3)cc2)cc1. The smallest absolute Gasteiger partial charge is 0.172 e. The van der Waals surface area contributed by atoms with Crippen LogP contribution in [0.25, 0.3) is 60.5 Å². The van der Waals surface area contributed by atoms with Crippen molar-refractivity contribution in [1.29, 1.82) is 0 Å². The van der Waals surface area contributed by atoms with Gasteiger partial charge in [-0.25, -0.2) is 0 Å². The van der Waals surface area contributed by atoms with Crippen LogP contribution in [-0.2, 0) is 0 Å². The molecule has 1 aliphatic rings. The van der Waals surface area contributed by atoms with E-state index in [1.165, 1.54) is 22.3 Å². The molecule has 2 heterocycles. The molecule has 9 aromatic carbocycles. The van der Waals surface area contributed by atoms with Gasteiger partial charge in [-0.1, -0.05) is 127 Å². The third-order valence-electron chi connectivity index (χ3n) is 10.8. The van der Waals surface area contributed by atoms with E-state index in [2.05, 4.69) is 191 Å². The second kappa shape index (κ2) is 13.1. The molecule has 0 unspecified atom stereocenters. The van der Waals surface area contributed by atoms with E-state index >= 15 is 0 Å². The maximum atomic E-state index is 6.37. The van der Waals surface area contributed by atoms with Gasteiger partial charge in [-0.05, 0) is 106 Å². The molecule has 10 aromatic rings. The highest BCUT2D eigenvalue weighted by molar-refractivity contribution is 6.10. The van der Waals surface area contributed by atoms with Crippen LogP contribution in [0.4, 0.5) is 17.1 Å². The van der Waals surface area contributed by atoms with E-state index in [9.17, 15) is 0 Å². The average Bonchev–Trinajstić information content (AvgIpc) is 3.58. The van der Waals surface area contributed by atoms with E-state index in [0.29, 0.717) is 5.75 Å². The summed E-state index contributed by atoms with van der Waals surface area (Å²) in [4.78, 5) is 2.34. The Morgan fingerprint density at radius 1 is 0.321 bits per heavy atom. The zero-order valence-electron chi connectivity index (χ0n) is 30.3. The highest BCUT2D eigenvalue weighted by atomic mass is 16.6. The fourth-order valence-corrected chi connectivity index (χ4v) is 8.08. The molecule has 0 fully saturated rings. The minimum absolute atomic E-state index is 0.708. The molecule has 0 saturated heterocycles. The number of nitrogens with zero attached hydrogens (tertiary/aromatic N) is 2. The van der Waals surface area contributed by atoms with Crippen LogP contribution in [-0.4, -0.2) is 4.57 Å². The van der Waals surface area contributed by atoms with Crippen molar-refractivity contribution >= 4 is 49.6 Å². The molecule has 1 aliphatic heterocycles. The average molecular weight is 719 g/mol. The van der Waals surface area contributed by atoms with Gasteiger partial charge < -0.3 is 18.9 Å². The topological polar surface area (TPSA) is 26.6 Å². The summed E-state index contributed by atoms with van der Waals surface area (Å²) in [6.45, 7) is 0. The molecule has 1 aromatic heterocycles. The first-order valence-electron chi connectivity index (χ1n) is 18.9. The predicted molar refractivity (Wildman–Crippen MR) is 230 cm³/mol. The maximum absolute atomic E-state index is 6.37. The first kappa shape index (κ1) is 31.9. The molecule has 0 spiro atoms. The molecule has 56 heavy (non-hydrogen) atoms. The Morgan fingerprint density at radius 2 is 0.821 bits per heavy atom. The Balaban J connectivity index is 1.00. The normalized spacial score (nSPS) is 11.9. The summed E-state index contributed by atoms with van der Waals surface area (Å²) in [6.07, 6.45) is 0. The molecule has 0 amide bonds. The number of benzene rings is 9. The third-order valence-corrected chi connectivity index (χ3v) is 10.8. The van der Waals surface area contributed by atoms with Crippen LogP contribution in [0.15, 0.2) is 206 Å². The first-order valence-corrected chi connectivity index (χ1v) is 18.9. The van der Waals surface area contributed by atoms with Gasteiger partial charge >= 0.3 is 0 Å². The van der Waals surface area contributed by atoms with E-state index in [0.717, 1.165) is 72.6 Å². The Hall–Kier alpha value is -7.56. The van der Waals surface area contributed by atoms with Crippen molar-refractivity contribution in [3.63, 3.8) is 0 Å². The second-order valence-corrected chi connectivity index (χ2v) is 14.2. The summed E-state index contributed by atoms with van der Waals surface area (Å²) in [5, 5.41) is 4.59. The Labute approximate surface area is 324 Å². The highest BCUT2D eigenvalue weighted by Crippen LogP contribution is 2.48. The van der Waals surface area contributed by atoms with Crippen molar-refractivity contribution < 1.29 is 9.47 Å². The van der Waals surface area contributed by atoms with E-state index in [1.807, 2.05) is 24.3 Å². The van der Waals surface area contributed by atoms with Crippen molar-refractivity contribution in [3.05, 3.63) is 206 Å². The van der Waals surface area contributed by atoms with Gasteiger partial charge in [0.05, 0.1) is 11.0 Å². The fourth-order valence-electron chi connectivity index (χ4n) is 8.08. The third kappa shape index (κ3) is 5.47. The zero-order chi connectivity index (χ0) is 37.0. The first-order chi connectivity index (χ1) is 27.7. The fraction of sp³-hybridized carbons (Fsp3) is 0. The van der Waals surface area contributed by atoms with Gasteiger partial charge in [-0.2, -0.15) is 0 Å². The summed E-state index contributed by atoms with van der Waals surface area (Å²) < 4.78 is 15.0. The maximum Gasteiger partial charge on any atom is 0.172 e. The predicted octanol–water partition coefficient (Wildman–Crippen LogP) is 14.6.